The van der Waals surface area contributed by atoms with Gasteiger partial charge in [-0.15, -0.1) is 5.10 Å². The van der Waals surface area contributed by atoms with Crippen molar-refractivity contribution in [3.63, 3.8) is 0 Å². The molecule has 1 aromatic carbocycles. The van der Waals surface area contributed by atoms with Crippen LogP contribution >= 0.6 is 11.6 Å². The first kappa shape index (κ1) is 22.1. The lowest BCUT2D eigenvalue weighted by Crippen LogP contribution is -2.53. The molecule has 1 saturated heterocycles. The Morgan fingerprint density at radius 2 is 2.17 bits per heavy atom. The van der Waals surface area contributed by atoms with Crippen molar-refractivity contribution in [2.75, 3.05) is 6.54 Å². The number of rotatable bonds is 6. The van der Waals surface area contributed by atoms with Crippen LogP contribution in [0.5, 0.6) is 0 Å². The number of carbonyl (C=O) groups is 2. The molecule has 2 heterocycles. The molecule has 2 amide bonds. The van der Waals surface area contributed by atoms with Crippen molar-refractivity contribution in [3.05, 3.63) is 35.1 Å². The minimum absolute atomic E-state index is 0.178. The van der Waals surface area contributed by atoms with Crippen LogP contribution in [0.4, 0.5) is 0 Å². The Balaban J connectivity index is 1.68. The number of amides is 2. The van der Waals surface area contributed by atoms with E-state index in [4.69, 9.17) is 11.6 Å². The number of hydrazine groups is 1. The molecule has 1 fully saturated rings. The molecule has 3 N–H and O–H groups in total. The summed E-state index contributed by atoms with van der Waals surface area (Å²) in [5.74, 6) is -0.821. The van der Waals surface area contributed by atoms with Crippen LogP contribution in [0, 0.1) is 5.41 Å². The average Bonchev–Trinajstić information content (AvgIpc) is 3.36. The van der Waals surface area contributed by atoms with E-state index in [1.165, 1.54) is 16.0 Å². The van der Waals surface area contributed by atoms with E-state index in [9.17, 15) is 14.7 Å². The van der Waals surface area contributed by atoms with Gasteiger partial charge in [-0.3, -0.25) is 14.6 Å². The molecule has 1 aliphatic rings. The third-order valence-electron chi connectivity index (χ3n) is 4.73. The number of carbonyl (C=O) groups excluding carboxylic acids is 2. The molecule has 3 rings (SSSR count). The predicted molar refractivity (Wildman–Crippen MR) is 109 cm³/mol. The largest absolute Gasteiger partial charge is 0.383 e. The van der Waals surface area contributed by atoms with E-state index in [0.717, 1.165) is 5.56 Å². The second kappa shape index (κ2) is 9.07. The van der Waals surface area contributed by atoms with Gasteiger partial charge in [-0.05, 0) is 52.4 Å². The maximum Gasteiger partial charge on any atom is 0.266 e. The number of benzene rings is 1. The average molecular weight is 436 g/mol. The van der Waals surface area contributed by atoms with Gasteiger partial charge in [0, 0.05) is 18.1 Å². The zero-order valence-corrected chi connectivity index (χ0v) is 17.9. The predicted octanol–water partition coefficient (Wildman–Crippen LogP) is 0.834. The van der Waals surface area contributed by atoms with E-state index in [1.54, 1.807) is 18.2 Å². The maximum absolute atomic E-state index is 12.8. The van der Waals surface area contributed by atoms with Crippen molar-refractivity contribution in [3.8, 4) is 5.69 Å². The Bertz CT molecular complexity index is 898. The van der Waals surface area contributed by atoms with Gasteiger partial charge in [-0.1, -0.05) is 32.4 Å². The highest BCUT2D eigenvalue weighted by Crippen LogP contribution is 2.23. The lowest BCUT2D eigenvalue weighted by molar-refractivity contribution is -0.149. The molecule has 1 aliphatic heterocycles. The quantitative estimate of drug-likeness (QED) is 0.613. The molecular formula is C19H26ClN7O3. The van der Waals surface area contributed by atoms with Crippen molar-refractivity contribution in [1.82, 2.24) is 36.0 Å². The first-order valence-electron chi connectivity index (χ1n) is 9.70. The van der Waals surface area contributed by atoms with Crippen LogP contribution in [0.25, 0.3) is 5.69 Å². The summed E-state index contributed by atoms with van der Waals surface area (Å²) in [5.41, 5.74) is 4.09. The summed E-state index contributed by atoms with van der Waals surface area (Å²) in [6, 6.07) is 4.49. The number of hydrogen-bond acceptors (Lipinski definition) is 7. The Labute approximate surface area is 179 Å². The molecule has 0 spiro atoms. The van der Waals surface area contributed by atoms with E-state index in [1.807, 2.05) is 20.8 Å². The summed E-state index contributed by atoms with van der Waals surface area (Å²) in [6.45, 7) is 6.48. The highest BCUT2D eigenvalue weighted by atomic mass is 35.5. The minimum atomic E-state index is -1.18. The lowest BCUT2D eigenvalue weighted by atomic mass is 9.89. The Kier molecular flexibility index (Phi) is 6.69. The molecule has 11 heteroatoms. The molecule has 162 valence electrons. The van der Waals surface area contributed by atoms with Crippen LogP contribution in [0.2, 0.25) is 5.02 Å². The zero-order valence-electron chi connectivity index (χ0n) is 17.2. The van der Waals surface area contributed by atoms with Crippen molar-refractivity contribution in [2.24, 2.45) is 5.41 Å². The van der Waals surface area contributed by atoms with E-state index < -0.39 is 18.1 Å². The van der Waals surface area contributed by atoms with Crippen LogP contribution in [0.15, 0.2) is 24.5 Å². The number of hydrogen-bond donors (Lipinski definition) is 3. The first-order valence-corrected chi connectivity index (χ1v) is 10.1. The fourth-order valence-electron chi connectivity index (χ4n) is 3.36. The van der Waals surface area contributed by atoms with Gasteiger partial charge in [0.15, 0.2) is 0 Å². The van der Waals surface area contributed by atoms with E-state index in [2.05, 4.69) is 26.3 Å². The highest BCUT2D eigenvalue weighted by molar-refractivity contribution is 6.30. The first-order chi connectivity index (χ1) is 14.2. The molecule has 30 heavy (non-hydrogen) atoms. The van der Waals surface area contributed by atoms with Crippen LogP contribution in [-0.4, -0.2) is 60.8 Å². The van der Waals surface area contributed by atoms with Crippen LogP contribution in [0.3, 0.4) is 0 Å². The van der Waals surface area contributed by atoms with Crippen molar-refractivity contribution >= 4 is 23.4 Å². The SMILES string of the molecule is CC(C)(C)C[C@@H](O)C(=O)N1NCCC1C(=O)NCc1cc(Cl)ccc1-n1cnnn1. The van der Waals surface area contributed by atoms with E-state index in [-0.39, 0.29) is 17.9 Å². The standard InChI is InChI=1S/C19H26ClN7O3/c1-19(2,3)9-16(28)18(30)27-15(6-7-23-27)17(29)21-10-12-8-13(20)4-5-14(12)26-11-22-24-25-26/h4-5,8,11,15-16,23,28H,6-7,9-10H2,1-3H3,(H,21,29)/t15?,16-/m1/s1. The van der Waals surface area contributed by atoms with Crippen LogP contribution in [-0.2, 0) is 16.1 Å². The van der Waals surface area contributed by atoms with Gasteiger partial charge < -0.3 is 10.4 Å². The summed E-state index contributed by atoms with van der Waals surface area (Å²) in [4.78, 5) is 25.5. The Morgan fingerprint density at radius 3 is 2.83 bits per heavy atom. The molecule has 0 aliphatic carbocycles. The van der Waals surface area contributed by atoms with Crippen molar-refractivity contribution < 1.29 is 14.7 Å². The molecule has 10 nitrogen and oxygen atoms in total. The summed E-state index contributed by atoms with van der Waals surface area (Å²) >= 11 is 6.11. The summed E-state index contributed by atoms with van der Waals surface area (Å²) in [5, 5.41) is 26.0. The van der Waals surface area contributed by atoms with Gasteiger partial charge in [0.05, 0.1) is 5.69 Å². The molecule has 0 radical (unpaired) electrons. The van der Waals surface area contributed by atoms with Crippen molar-refractivity contribution in [2.45, 2.75) is 52.3 Å². The second-order valence-corrected chi connectivity index (χ2v) is 8.88. The molecule has 0 saturated carbocycles. The third kappa shape index (κ3) is 5.32. The summed E-state index contributed by atoms with van der Waals surface area (Å²) in [7, 11) is 0. The van der Waals surface area contributed by atoms with Gasteiger partial charge in [0.1, 0.15) is 18.5 Å². The van der Waals surface area contributed by atoms with E-state index in [0.29, 0.717) is 30.1 Å². The number of aromatic nitrogens is 4. The number of nitrogens with zero attached hydrogens (tertiary/aromatic N) is 5. The summed E-state index contributed by atoms with van der Waals surface area (Å²) in [6.07, 6.45) is 1.03. The molecule has 1 unspecified atom stereocenters. The van der Waals surface area contributed by atoms with Crippen molar-refractivity contribution in [1.29, 1.82) is 0 Å². The Hall–Kier alpha value is -2.56. The van der Waals surface area contributed by atoms with Gasteiger partial charge in [-0.25, -0.2) is 10.1 Å². The van der Waals surface area contributed by atoms with Gasteiger partial charge in [0.2, 0.25) is 5.91 Å². The molecule has 2 aromatic rings. The smallest absolute Gasteiger partial charge is 0.266 e. The molecule has 1 aromatic heterocycles. The molecule has 2 atom stereocenters. The number of halogens is 1. The third-order valence-corrected chi connectivity index (χ3v) is 4.97. The topological polar surface area (TPSA) is 125 Å². The fourth-order valence-corrected chi connectivity index (χ4v) is 3.55. The van der Waals surface area contributed by atoms with Crippen LogP contribution < -0.4 is 10.7 Å². The molecular weight excluding hydrogens is 410 g/mol. The highest BCUT2D eigenvalue weighted by Gasteiger charge is 2.37. The monoisotopic (exact) mass is 435 g/mol. The minimum Gasteiger partial charge on any atom is -0.383 e. The van der Waals surface area contributed by atoms with Crippen LogP contribution in [0.1, 0.15) is 39.2 Å². The van der Waals surface area contributed by atoms with Gasteiger partial charge in [0.25, 0.3) is 5.91 Å². The number of aliphatic hydroxyl groups is 1. The number of aliphatic hydroxyl groups excluding tert-OH is 1. The fraction of sp³-hybridized carbons (Fsp3) is 0.526. The second-order valence-electron chi connectivity index (χ2n) is 8.45. The Morgan fingerprint density at radius 1 is 1.40 bits per heavy atom. The van der Waals surface area contributed by atoms with Gasteiger partial charge >= 0.3 is 0 Å². The number of nitrogens with one attached hydrogen (secondary N) is 2. The normalized spacial score (nSPS) is 17.8. The zero-order chi connectivity index (χ0) is 21.9. The summed E-state index contributed by atoms with van der Waals surface area (Å²) < 4.78 is 1.48. The lowest BCUT2D eigenvalue weighted by Gasteiger charge is -2.28. The number of tetrazole rings is 1. The molecule has 0 bridgehead atoms. The maximum atomic E-state index is 12.8. The van der Waals surface area contributed by atoms with Gasteiger partial charge in [-0.2, -0.15) is 0 Å². The van der Waals surface area contributed by atoms with E-state index >= 15 is 0 Å².